The number of aliphatic hydroxyl groups excluding tert-OH is 1. The molecule has 2 heterocycles. The number of nitrogens with one attached hydrogen (secondary N) is 1. The fourth-order valence-electron chi connectivity index (χ4n) is 2.11. The molecular formula is C17H13F2NO3S. The number of furan rings is 1. The molecule has 0 aliphatic carbocycles. The van der Waals surface area contributed by atoms with E-state index in [2.05, 4.69) is 5.32 Å². The van der Waals surface area contributed by atoms with Gasteiger partial charge in [-0.05, 0) is 42.5 Å². The highest BCUT2D eigenvalue weighted by Crippen LogP contribution is 2.31. The number of halogens is 2. The molecule has 4 nitrogen and oxygen atoms in total. The molecule has 0 radical (unpaired) electrons. The van der Waals surface area contributed by atoms with E-state index in [1.165, 1.54) is 17.4 Å². The van der Waals surface area contributed by atoms with Crippen molar-refractivity contribution in [2.24, 2.45) is 0 Å². The zero-order chi connectivity index (χ0) is 17.1. The maximum atomic E-state index is 13.1. The van der Waals surface area contributed by atoms with Gasteiger partial charge in [-0.1, -0.05) is 0 Å². The minimum absolute atomic E-state index is 0.0106. The first-order valence-electron chi connectivity index (χ1n) is 7.09. The third-order valence-corrected chi connectivity index (χ3v) is 4.56. The molecule has 2 aromatic heterocycles. The molecule has 0 aliphatic heterocycles. The molecule has 2 N–H and O–H groups in total. The number of hydrogen-bond donors (Lipinski definition) is 2. The molecule has 0 aliphatic rings. The van der Waals surface area contributed by atoms with E-state index in [1.807, 2.05) is 12.1 Å². The summed E-state index contributed by atoms with van der Waals surface area (Å²) in [5, 5.41) is 12.6. The highest BCUT2D eigenvalue weighted by molar-refractivity contribution is 7.15. The number of carbonyl (C=O) groups excluding carboxylic acids is 1. The van der Waals surface area contributed by atoms with E-state index in [9.17, 15) is 18.7 Å². The number of amides is 1. The minimum atomic E-state index is -1.09. The molecule has 0 bridgehead atoms. The zero-order valence-corrected chi connectivity index (χ0v) is 13.1. The van der Waals surface area contributed by atoms with Crippen molar-refractivity contribution in [2.45, 2.75) is 6.10 Å². The third kappa shape index (κ3) is 3.52. The Morgan fingerprint density at radius 1 is 1.21 bits per heavy atom. The first-order chi connectivity index (χ1) is 11.5. The molecule has 1 unspecified atom stereocenters. The Balaban J connectivity index is 1.62. The van der Waals surface area contributed by atoms with Gasteiger partial charge in [0, 0.05) is 17.0 Å². The molecule has 1 amide bonds. The van der Waals surface area contributed by atoms with Crippen molar-refractivity contribution in [3.63, 3.8) is 0 Å². The second-order valence-electron chi connectivity index (χ2n) is 5.03. The zero-order valence-electron chi connectivity index (χ0n) is 12.3. The maximum Gasteiger partial charge on any atom is 0.251 e. The van der Waals surface area contributed by atoms with Crippen LogP contribution in [0.4, 0.5) is 8.78 Å². The topological polar surface area (TPSA) is 62.5 Å². The molecule has 3 aromatic rings. The number of thiophene rings is 1. The molecule has 1 atom stereocenters. The van der Waals surface area contributed by atoms with Gasteiger partial charge in [-0.15, -0.1) is 11.3 Å². The quantitative estimate of drug-likeness (QED) is 0.737. The van der Waals surface area contributed by atoms with Gasteiger partial charge < -0.3 is 14.8 Å². The predicted octanol–water partition coefficient (Wildman–Crippen LogP) is 3.75. The van der Waals surface area contributed by atoms with Gasteiger partial charge in [0.25, 0.3) is 5.91 Å². The number of hydrogen-bond acceptors (Lipinski definition) is 4. The summed E-state index contributed by atoms with van der Waals surface area (Å²) in [6, 6.07) is 10.0. The van der Waals surface area contributed by atoms with Crippen molar-refractivity contribution in [2.75, 3.05) is 6.54 Å². The highest BCUT2D eigenvalue weighted by atomic mass is 32.1. The minimum Gasteiger partial charge on any atom is -0.464 e. The Hall–Kier alpha value is -2.51. The Bertz CT molecular complexity index is 845. The van der Waals surface area contributed by atoms with Crippen LogP contribution >= 0.6 is 11.3 Å². The van der Waals surface area contributed by atoms with Crippen molar-refractivity contribution < 1.29 is 23.1 Å². The van der Waals surface area contributed by atoms with Crippen LogP contribution in [0.1, 0.15) is 21.3 Å². The van der Waals surface area contributed by atoms with Crippen LogP contribution in [0.15, 0.2) is 53.1 Å². The van der Waals surface area contributed by atoms with E-state index in [-0.39, 0.29) is 12.1 Å². The number of carbonyl (C=O) groups is 1. The first-order valence-corrected chi connectivity index (χ1v) is 7.91. The van der Waals surface area contributed by atoms with Gasteiger partial charge in [0.2, 0.25) is 0 Å². The van der Waals surface area contributed by atoms with Crippen LogP contribution in [0.3, 0.4) is 0 Å². The van der Waals surface area contributed by atoms with Crippen molar-refractivity contribution in [1.82, 2.24) is 5.32 Å². The molecule has 7 heteroatoms. The van der Waals surface area contributed by atoms with Crippen LogP contribution < -0.4 is 5.32 Å². The van der Waals surface area contributed by atoms with Gasteiger partial charge in [0.1, 0.15) is 11.9 Å². The fourth-order valence-corrected chi connectivity index (χ4v) is 3.07. The van der Waals surface area contributed by atoms with Crippen molar-refractivity contribution in [3.8, 4) is 10.6 Å². The lowest BCUT2D eigenvalue weighted by atomic mass is 10.2. The van der Waals surface area contributed by atoms with E-state index in [0.717, 1.165) is 17.0 Å². The fraction of sp³-hybridized carbons (Fsp3) is 0.118. The smallest absolute Gasteiger partial charge is 0.251 e. The van der Waals surface area contributed by atoms with Crippen LogP contribution in [0.5, 0.6) is 0 Å². The van der Waals surface area contributed by atoms with Crippen molar-refractivity contribution >= 4 is 17.2 Å². The normalized spacial score (nSPS) is 12.1. The third-order valence-electron chi connectivity index (χ3n) is 3.36. The van der Waals surface area contributed by atoms with Crippen LogP contribution in [0.2, 0.25) is 0 Å². The maximum absolute atomic E-state index is 13.1. The average Bonchev–Trinajstić information content (AvgIpc) is 3.25. The Morgan fingerprint density at radius 2 is 2.04 bits per heavy atom. The van der Waals surface area contributed by atoms with Crippen LogP contribution in [-0.2, 0) is 0 Å². The summed E-state index contributed by atoms with van der Waals surface area (Å²) in [5.41, 5.74) is -0.0106. The SMILES string of the molecule is O=C(NCC(O)c1ccc(-c2ccco2)s1)c1ccc(F)c(F)c1. The lowest BCUT2D eigenvalue weighted by Crippen LogP contribution is -2.28. The summed E-state index contributed by atoms with van der Waals surface area (Å²) < 4.78 is 31.3. The van der Waals surface area contributed by atoms with Gasteiger partial charge in [-0.3, -0.25) is 4.79 Å². The molecule has 24 heavy (non-hydrogen) atoms. The van der Waals surface area contributed by atoms with E-state index in [0.29, 0.717) is 10.6 Å². The van der Waals surface area contributed by atoms with Crippen molar-refractivity contribution in [3.05, 3.63) is 70.8 Å². The first kappa shape index (κ1) is 16.4. The Kier molecular flexibility index (Phi) is 4.73. The number of benzene rings is 1. The van der Waals surface area contributed by atoms with E-state index in [4.69, 9.17) is 4.42 Å². The molecular weight excluding hydrogens is 336 g/mol. The van der Waals surface area contributed by atoms with Crippen LogP contribution in [-0.4, -0.2) is 17.6 Å². The Morgan fingerprint density at radius 3 is 2.75 bits per heavy atom. The second kappa shape index (κ2) is 6.94. The van der Waals surface area contributed by atoms with Gasteiger partial charge in [0.15, 0.2) is 11.6 Å². The Labute approximate surface area is 140 Å². The lowest BCUT2D eigenvalue weighted by Gasteiger charge is -2.10. The monoisotopic (exact) mass is 349 g/mol. The standard InChI is InChI=1S/C17H13F2NO3S/c18-11-4-3-10(8-12(11)19)17(22)20-9-13(21)15-5-6-16(24-15)14-2-1-7-23-14/h1-8,13,21H,9H2,(H,20,22). The summed E-state index contributed by atoms with van der Waals surface area (Å²) in [6.45, 7) is -0.0457. The molecule has 0 saturated carbocycles. The van der Waals surface area contributed by atoms with Gasteiger partial charge >= 0.3 is 0 Å². The molecule has 0 fully saturated rings. The summed E-state index contributed by atoms with van der Waals surface area (Å²) >= 11 is 1.35. The molecule has 1 aromatic carbocycles. The average molecular weight is 349 g/mol. The molecule has 0 spiro atoms. The highest BCUT2D eigenvalue weighted by Gasteiger charge is 2.15. The largest absolute Gasteiger partial charge is 0.464 e. The van der Waals surface area contributed by atoms with E-state index >= 15 is 0 Å². The van der Waals surface area contributed by atoms with Gasteiger partial charge in [-0.25, -0.2) is 8.78 Å². The molecule has 3 rings (SSSR count). The predicted molar refractivity (Wildman–Crippen MR) is 85.7 cm³/mol. The van der Waals surface area contributed by atoms with Crippen molar-refractivity contribution in [1.29, 1.82) is 0 Å². The number of aliphatic hydroxyl groups is 1. The summed E-state index contributed by atoms with van der Waals surface area (Å²) in [4.78, 5) is 13.4. The van der Waals surface area contributed by atoms with E-state index in [1.54, 1.807) is 18.4 Å². The molecule has 124 valence electrons. The summed E-state index contributed by atoms with van der Waals surface area (Å²) in [7, 11) is 0. The van der Waals surface area contributed by atoms with E-state index < -0.39 is 23.6 Å². The molecule has 0 saturated heterocycles. The van der Waals surface area contributed by atoms with Gasteiger partial charge in [-0.2, -0.15) is 0 Å². The second-order valence-corrected chi connectivity index (χ2v) is 6.15. The van der Waals surface area contributed by atoms with Gasteiger partial charge in [0.05, 0.1) is 11.1 Å². The number of rotatable bonds is 5. The summed E-state index contributed by atoms with van der Waals surface area (Å²) in [5.74, 6) is -2.00. The van der Waals surface area contributed by atoms with Crippen LogP contribution in [0.25, 0.3) is 10.6 Å². The lowest BCUT2D eigenvalue weighted by molar-refractivity contribution is 0.0917. The van der Waals surface area contributed by atoms with Crippen LogP contribution in [0, 0.1) is 11.6 Å². The summed E-state index contributed by atoms with van der Waals surface area (Å²) in [6.07, 6.45) is 0.653.